The van der Waals surface area contributed by atoms with E-state index < -0.39 is 18.2 Å². The van der Waals surface area contributed by atoms with Gasteiger partial charge in [-0.05, 0) is 18.4 Å². The second-order valence-corrected chi connectivity index (χ2v) is 6.92. The number of hydrogen-bond acceptors (Lipinski definition) is 3. The van der Waals surface area contributed by atoms with E-state index in [0.29, 0.717) is 12.8 Å². The van der Waals surface area contributed by atoms with Gasteiger partial charge >= 0.3 is 0 Å². The van der Waals surface area contributed by atoms with Crippen LogP contribution in [0.25, 0.3) is 10.4 Å². The zero-order valence-electron chi connectivity index (χ0n) is 15.9. The van der Waals surface area contributed by atoms with E-state index in [1.807, 2.05) is 6.92 Å². The topological polar surface area (TPSA) is 89.2 Å². The van der Waals surface area contributed by atoms with E-state index in [2.05, 4.69) is 16.9 Å². The Kier molecular flexibility index (Phi) is 16.5. The molecule has 3 atom stereocenters. The number of nitrogens with zero attached hydrogens (tertiary/aromatic N) is 3. The van der Waals surface area contributed by atoms with E-state index in [0.717, 1.165) is 12.8 Å². The molecular weight excluding hydrogens is 302 g/mol. The van der Waals surface area contributed by atoms with Crippen LogP contribution < -0.4 is 0 Å². The smallest absolute Gasteiger partial charge is 0.0883 e. The van der Waals surface area contributed by atoms with Crippen LogP contribution in [-0.2, 0) is 0 Å². The maximum atomic E-state index is 9.97. The summed E-state index contributed by atoms with van der Waals surface area (Å²) >= 11 is 0. The third-order valence-corrected chi connectivity index (χ3v) is 4.76. The molecule has 0 saturated heterocycles. The highest BCUT2D eigenvalue weighted by atomic mass is 16.3. The van der Waals surface area contributed by atoms with Crippen LogP contribution in [0.15, 0.2) is 5.11 Å². The molecule has 2 N–H and O–H groups in total. The first kappa shape index (κ1) is 23.2. The van der Waals surface area contributed by atoms with Gasteiger partial charge in [0.2, 0.25) is 0 Å². The molecule has 3 unspecified atom stereocenters. The maximum Gasteiger partial charge on any atom is 0.0883 e. The van der Waals surface area contributed by atoms with Crippen molar-refractivity contribution in [3.8, 4) is 0 Å². The third-order valence-electron chi connectivity index (χ3n) is 4.76. The van der Waals surface area contributed by atoms with E-state index in [-0.39, 0.29) is 0 Å². The van der Waals surface area contributed by atoms with Gasteiger partial charge in [-0.2, -0.15) is 0 Å². The average Bonchev–Trinajstić information content (AvgIpc) is 2.59. The van der Waals surface area contributed by atoms with Crippen LogP contribution in [0.4, 0.5) is 0 Å². The normalized spacial score (nSPS) is 14.8. The molecule has 142 valence electrons. The van der Waals surface area contributed by atoms with Gasteiger partial charge in [0.1, 0.15) is 0 Å². The van der Waals surface area contributed by atoms with Crippen molar-refractivity contribution in [2.24, 2.45) is 5.11 Å². The Morgan fingerprint density at radius 3 is 1.67 bits per heavy atom. The second-order valence-electron chi connectivity index (χ2n) is 6.92. The monoisotopic (exact) mass is 341 g/mol. The minimum atomic E-state index is -0.946. The second kappa shape index (κ2) is 17.1. The highest BCUT2D eigenvalue weighted by Crippen LogP contribution is 2.16. The average molecular weight is 342 g/mol. The summed E-state index contributed by atoms with van der Waals surface area (Å²) in [6.45, 7) is 4.10. The molecule has 0 radical (unpaired) electrons. The van der Waals surface area contributed by atoms with Gasteiger partial charge in [0.15, 0.2) is 0 Å². The van der Waals surface area contributed by atoms with Crippen LogP contribution in [0.3, 0.4) is 0 Å². The van der Waals surface area contributed by atoms with E-state index in [1.54, 1.807) is 0 Å². The summed E-state index contributed by atoms with van der Waals surface area (Å²) in [7, 11) is 0. The Morgan fingerprint density at radius 2 is 1.25 bits per heavy atom. The summed E-state index contributed by atoms with van der Waals surface area (Å²) in [6.07, 6.45) is 14.8. The Bertz CT molecular complexity index is 320. The van der Waals surface area contributed by atoms with Crippen LogP contribution in [-0.4, -0.2) is 28.5 Å². The lowest BCUT2D eigenvalue weighted by Gasteiger charge is -2.22. The highest BCUT2D eigenvalue weighted by molar-refractivity contribution is 4.80. The van der Waals surface area contributed by atoms with Gasteiger partial charge in [0.25, 0.3) is 0 Å². The van der Waals surface area contributed by atoms with Gasteiger partial charge in [-0.3, -0.25) is 0 Å². The molecule has 24 heavy (non-hydrogen) atoms. The molecule has 0 bridgehead atoms. The van der Waals surface area contributed by atoms with Crippen molar-refractivity contribution in [3.05, 3.63) is 10.4 Å². The lowest BCUT2D eigenvalue weighted by Crippen LogP contribution is -2.35. The first-order chi connectivity index (χ1) is 11.7. The molecule has 0 aromatic rings. The van der Waals surface area contributed by atoms with Crippen LogP contribution in [0.5, 0.6) is 0 Å². The minimum Gasteiger partial charge on any atom is -0.390 e. The van der Waals surface area contributed by atoms with Gasteiger partial charge in [-0.25, -0.2) is 0 Å². The maximum absolute atomic E-state index is 9.97. The number of unbranched alkanes of at least 4 members (excludes halogenated alkanes) is 11. The van der Waals surface area contributed by atoms with Crippen LogP contribution in [0, 0.1) is 0 Å². The standard InChI is InChI=1S/C19H39N3O2/c1-3-5-6-7-8-9-10-11-12-13-14-15-16-18(23)19(24)17(4-2)21-22-20/h17-19,23-24H,3-16H2,1-2H3. The van der Waals surface area contributed by atoms with E-state index in [4.69, 9.17) is 5.53 Å². The molecular formula is C19H39N3O2. The summed E-state index contributed by atoms with van der Waals surface area (Å²) in [4.78, 5) is 2.73. The fourth-order valence-corrected chi connectivity index (χ4v) is 3.08. The van der Waals surface area contributed by atoms with Crippen molar-refractivity contribution in [1.82, 2.24) is 0 Å². The third kappa shape index (κ3) is 12.6. The van der Waals surface area contributed by atoms with Gasteiger partial charge in [-0.1, -0.05) is 96.0 Å². The number of aliphatic hydroxyl groups excluding tert-OH is 2. The summed E-state index contributed by atoms with van der Waals surface area (Å²) in [6, 6.07) is -0.526. The zero-order chi connectivity index (χ0) is 18.0. The molecule has 0 rings (SSSR count). The summed E-state index contributed by atoms with van der Waals surface area (Å²) in [5.41, 5.74) is 8.45. The molecule has 5 heteroatoms. The number of azide groups is 1. The van der Waals surface area contributed by atoms with Crippen molar-refractivity contribution in [2.75, 3.05) is 0 Å². The molecule has 0 aromatic carbocycles. The van der Waals surface area contributed by atoms with Crippen LogP contribution >= 0.6 is 0 Å². The predicted molar refractivity (Wildman–Crippen MR) is 101 cm³/mol. The molecule has 0 heterocycles. The Hall–Kier alpha value is -0.770. The Labute approximate surface area is 148 Å². The van der Waals surface area contributed by atoms with E-state index in [1.165, 1.54) is 64.2 Å². The largest absolute Gasteiger partial charge is 0.390 e. The quantitative estimate of drug-likeness (QED) is 0.149. The Morgan fingerprint density at radius 1 is 0.792 bits per heavy atom. The van der Waals surface area contributed by atoms with Crippen molar-refractivity contribution < 1.29 is 10.2 Å². The van der Waals surface area contributed by atoms with Crippen LogP contribution in [0.2, 0.25) is 0 Å². The summed E-state index contributed by atoms with van der Waals surface area (Å²) in [5.74, 6) is 0. The number of hydrogen-bond donors (Lipinski definition) is 2. The van der Waals surface area contributed by atoms with Crippen LogP contribution in [0.1, 0.15) is 104 Å². The molecule has 5 nitrogen and oxygen atoms in total. The number of rotatable bonds is 17. The van der Waals surface area contributed by atoms with Crippen molar-refractivity contribution in [1.29, 1.82) is 0 Å². The fraction of sp³-hybridized carbons (Fsp3) is 1.00. The first-order valence-corrected chi connectivity index (χ1v) is 10.1. The lowest BCUT2D eigenvalue weighted by atomic mass is 9.98. The molecule has 0 saturated carbocycles. The van der Waals surface area contributed by atoms with E-state index >= 15 is 0 Å². The molecule has 0 aromatic heterocycles. The molecule has 0 aliphatic rings. The van der Waals surface area contributed by atoms with Crippen molar-refractivity contribution >= 4 is 0 Å². The van der Waals surface area contributed by atoms with E-state index in [9.17, 15) is 10.2 Å². The number of aliphatic hydroxyl groups is 2. The highest BCUT2D eigenvalue weighted by Gasteiger charge is 2.23. The molecule has 0 fully saturated rings. The van der Waals surface area contributed by atoms with Gasteiger partial charge in [0, 0.05) is 4.91 Å². The van der Waals surface area contributed by atoms with Gasteiger partial charge in [0.05, 0.1) is 18.2 Å². The van der Waals surface area contributed by atoms with Gasteiger partial charge < -0.3 is 10.2 Å². The molecule has 0 aliphatic heterocycles. The zero-order valence-corrected chi connectivity index (χ0v) is 15.9. The van der Waals surface area contributed by atoms with Crippen molar-refractivity contribution in [3.63, 3.8) is 0 Å². The fourth-order valence-electron chi connectivity index (χ4n) is 3.08. The minimum absolute atomic E-state index is 0.526. The Balaban J connectivity index is 3.47. The predicted octanol–water partition coefficient (Wildman–Crippen LogP) is 5.89. The summed E-state index contributed by atoms with van der Waals surface area (Å²) in [5, 5.41) is 23.5. The lowest BCUT2D eigenvalue weighted by molar-refractivity contribution is -0.00211. The molecule has 0 spiro atoms. The molecule has 0 amide bonds. The van der Waals surface area contributed by atoms with Gasteiger partial charge in [-0.15, -0.1) is 0 Å². The SMILES string of the molecule is CCCCCCCCCCCCCCC(O)C(O)C(CC)N=[N+]=[N-]. The van der Waals surface area contributed by atoms with Crippen molar-refractivity contribution in [2.45, 2.75) is 122 Å². The molecule has 0 aliphatic carbocycles. The first-order valence-electron chi connectivity index (χ1n) is 10.1. The summed E-state index contributed by atoms with van der Waals surface area (Å²) < 4.78 is 0.